The maximum absolute atomic E-state index is 6.10. The van der Waals surface area contributed by atoms with E-state index in [1.807, 2.05) is 6.08 Å². The molecule has 1 fully saturated rings. The van der Waals surface area contributed by atoms with E-state index in [-0.39, 0.29) is 11.7 Å². The summed E-state index contributed by atoms with van der Waals surface area (Å²) in [5, 5.41) is 0. The molecule has 0 aromatic carbocycles. The van der Waals surface area contributed by atoms with Crippen molar-refractivity contribution in [2.75, 3.05) is 0 Å². The summed E-state index contributed by atoms with van der Waals surface area (Å²) in [5.74, 6) is 1.27. The molecule has 3 atom stereocenters. The maximum Gasteiger partial charge on any atom is 0.0825 e. The molecule has 0 aromatic heterocycles. The normalized spacial score (nSPS) is 40.2. The van der Waals surface area contributed by atoms with E-state index < -0.39 is 0 Å². The lowest BCUT2D eigenvalue weighted by atomic mass is 9.70. The lowest BCUT2D eigenvalue weighted by Crippen LogP contribution is -2.48. The maximum atomic E-state index is 6.10. The summed E-state index contributed by atoms with van der Waals surface area (Å²) in [6, 6.07) is 0. The number of allylic oxidation sites excluding steroid dienone is 1. The fourth-order valence-electron chi connectivity index (χ4n) is 2.77. The highest BCUT2D eigenvalue weighted by atomic mass is 16.5. The molecular weight excluding hydrogens is 172 g/mol. The highest BCUT2D eigenvalue weighted by Gasteiger charge is 2.43. The van der Waals surface area contributed by atoms with Crippen LogP contribution in [0.3, 0.4) is 0 Å². The number of ether oxygens (including phenoxy) is 1. The van der Waals surface area contributed by atoms with Crippen LogP contribution in [-0.4, -0.2) is 11.7 Å². The van der Waals surface area contributed by atoms with Gasteiger partial charge >= 0.3 is 0 Å². The average Bonchev–Trinajstić information content (AvgIpc) is 2.14. The SMILES string of the molecule is C=CC1OC(C)(C)C2CC=C(C)C1C2. The van der Waals surface area contributed by atoms with Crippen molar-refractivity contribution in [3.63, 3.8) is 0 Å². The van der Waals surface area contributed by atoms with Crippen molar-refractivity contribution in [1.29, 1.82) is 0 Å². The van der Waals surface area contributed by atoms with E-state index in [1.54, 1.807) is 0 Å². The molecule has 1 heterocycles. The first-order chi connectivity index (χ1) is 6.54. The van der Waals surface area contributed by atoms with E-state index in [2.05, 4.69) is 33.4 Å². The first-order valence-electron chi connectivity index (χ1n) is 5.51. The third-order valence-electron chi connectivity index (χ3n) is 3.90. The predicted molar refractivity (Wildman–Crippen MR) is 59.1 cm³/mol. The lowest BCUT2D eigenvalue weighted by molar-refractivity contribution is -0.145. The monoisotopic (exact) mass is 192 g/mol. The molecule has 0 saturated carbocycles. The smallest absolute Gasteiger partial charge is 0.0825 e. The largest absolute Gasteiger partial charge is 0.367 e. The molecule has 78 valence electrons. The van der Waals surface area contributed by atoms with Gasteiger partial charge in [-0.25, -0.2) is 0 Å². The molecule has 1 saturated heterocycles. The van der Waals surface area contributed by atoms with Crippen molar-refractivity contribution < 1.29 is 4.74 Å². The summed E-state index contributed by atoms with van der Waals surface area (Å²) in [7, 11) is 0. The lowest BCUT2D eigenvalue weighted by Gasteiger charge is -2.48. The Morgan fingerprint density at radius 1 is 1.57 bits per heavy atom. The van der Waals surface area contributed by atoms with Gasteiger partial charge in [-0.3, -0.25) is 0 Å². The Morgan fingerprint density at radius 3 is 2.93 bits per heavy atom. The first-order valence-corrected chi connectivity index (χ1v) is 5.51. The van der Waals surface area contributed by atoms with Crippen LogP contribution in [0, 0.1) is 11.8 Å². The molecule has 1 nitrogen and oxygen atoms in total. The Kier molecular flexibility index (Phi) is 2.30. The average molecular weight is 192 g/mol. The zero-order valence-electron chi connectivity index (χ0n) is 9.42. The third-order valence-corrected chi connectivity index (χ3v) is 3.90. The van der Waals surface area contributed by atoms with Gasteiger partial charge in [0.15, 0.2) is 0 Å². The number of hydrogen-bond donors (Lipinski definition) is 0. The van der Waals surface area contributed by atoms with Crippen molar-refractivity contribution in [3.05, 3.63) is 24.3 Å². The predicted octanol–water partition coefficient (Wildman–Crippen LogP) is 3.32. The molecule has 0 amide bonds. The standard InChI is InChI=1S/C13H20O/c1-5-12-11-8-10(7-6-9(11)2)13(3,4)14-12/h5-6,10-12H,1,7-8H2,2-4H3. The van der Waals surface area contributed by atoms with Gasteiger partial charge in [0.2, 0.25) is 0 Å². The fraction of sp³-hybridized carbons (Fsp3) is 0.692. The molecule has 3 unspecified atom stereocenters. The van der Waals surface area contributed by atoms with Gasteiger partial charge in [-0.1, -0.05) is 17.7 Å². The van der Waals surface area contributed by atoms with Gasteiger partial charge in [-0.15, -0.1) is 6.58 Å². The minimum atomic E-state index is 0.0204. The second-order valence-corrected chi connectivity index (χ2v) is 5.14. The molecule has 1 aliphatic carbocycles. The Labute approximate surface area is 86.8 Å². The van der Waals surface area contributed by atoms with Crippen molar-refractivity contribution >= 4 is 0 Å². The van der Waals surface area contributed by atoms with Crippen LogP contribution in [0.25, 0.3) is 0 Å². The second kappa shape index (κ2) is 3.23. The van der Waals surface area contributed by atoms with Gasteiger partial charge in [0.05, 0.1) is 11.7 Å². The van der Waals surface area contributed by atoms with Crippen LogP contribution in [0.2, 0.25) is 0 Å². The minimum absolute atomic E-state index is 0.0204. The molecule has 0 aromatic rings. The number of hydrogen-bond acceptors (Lipinski definition) is 1. The van der Waals surface area contributed by atoms with Crippen LogP contribution in [0.1, 0.15) is 33.6 Å². The van der Waals surface area contributed by atoms with Gasteiger partial charge in [-0.05, 0) is 39.5 Å². The summed E-state index contributed by atoms with van der Waals surface area (Å²) < 4.78 is 6.10. The van der Waals surface area contributed by atoms with Gasteiger partial charge < -0.3 is 4.74 Å². The molecule has 2 rings (SSSR count). The Morgan fingerprint density at radius 2 is 2.29 bits per heavy atom. The molecule has 0 N–H and O–H groups in total. The van der Waals surface area contributed by atoms with Gasteiger partial charge in [0, 0.05) is 5.92 Å². The fourth-order valence-corrected chi connectivity index (χ4v) is 2.77. The van der Waals surface area contributed by atoms with E-state index in [1.165, 1.54) is 18.4 Å². The topological polar surface area (TPSA) is 9.23 Å². The van der Waals surface area contributed by atoms with Crippen LogP contribution in [0.15, 0.2) is 24.3 Å². The highest BCUT2D eigenvalue weighted by Crippen LogP contribution is 2.45. The van der Waals surface area contributed by atoms with Crippen molar-refractivity contribution in [1.82, 2.24) is 0 Å². The summed E-state index contributed by atoms with van der Waals surface area (Å²) >= 11 is 0. The van der Waals surface area contributed by atoms with Gasteiger partial charge in [0.1, 0.15) is 0 Å². The van der Waals surface area contributed by atoms with Crippen LogP contribution < -0.4 is 0 Å². The summed E-state index contributed by atoms with van der Waals surface area (Å²) in [4.78, 5) is 0. The summed E-state index contributed by atoms with van der Waals surface area (Å²) in [6.45, 7) is 10.5. The van der Waals surface area contributed by atoms with Crippen LogP contribution in [0.4, 0.5) is 0 Å². The minimum Gasteiger partial charge on any atom is -0.367 e. The summed E-state index contributed by atoms with van der Waals surface area (Å²) in [5.41, 5.74) is 1.51. The van der Waals surface area contributed by atoms with Crippen molar-refractivity contribution in [2.24, 2.45) is 11.8 Å². The van der Waals surface area contributed by atoms with E-state index in [4.69, 9.17) is 4.74 Å². The highest BCUT2D eigenvalue weighted by molar-refractivity contribution is 5.17. The Bertz CT molecular complexity index is 275. The Hall–Kier alpha value is -0.560. The molecule has 1 heteroatoms. The molecule has 0 spiro atoms. The van der Waals surface area contributed by atoms with Gasteiger partial charge in [-0.2, -0.15) is 0 Å². The summed E-state index contributed by atoms with van der Waals surface area (Å²) in [6.07, 6.45) is 7.02. The van der Waals surface area contributed by atoms with Crippen LogP contribution in [0.5, 0.6) is 0 Å². The van der Waals surface area contributed by atoms with E-state index in [0.717, 1.165) is 0 Å². The third kappa shape index (κ3) is 1.44. The second-order valence-electron chi connectivity index (χ2n) is 5.14. The van der Waals surface area contributed by atoms with E-state index in [0.29, 0.717) is 11.8 Å². The van der Waals surface area contributed by atoms with Crippen LogP contribution >= 0.6 is 0 Å². The quantitative estimate of drug-likeness (QED) is 0.579. The van der Waals surface area contributed by atoms with Crippen molar-refractivity contribution in [3.8, 4) is 0 Å². The van der Waals surface area contributed by atoms with E-state index >= 15 is 0 Å². The number of fused-ring (bicyclic) bond motifs is 2. The molecular formula is C13H20O. The van der Waals surface area contributed by atoms with E-state index in [9.17, 15) is 0 Å². The molecule has 2 aliphatic rings. The zero-order valence-corrected chi connectivity index (χ0v) is 9.42. The number of rotatable bonds is 1. The Balaban J connectivity index is 2.30. The van der Waals surface area contributed by atoms with Gasteiger partial charge in [0.25, 0.3) is 0 Å². The van der Waals surface area contributed by atoms with Crippen molar-refractivity contribution in [2.45, 2.75) is 45.3 Å². The first kappa shape index (κ1) is 9.97. The molecule has 2 bridgehead atoms. The zero-order chi connectivity index (χ0) is 10.3. The molecule has 0 radical (unpaired) electrons. The van der Waals surface area contributed by atoms with Crippen LogP contribution in [-0.2, 0) is 4.74 Å². The molecule has 14 heavy (non-hydrogen) atoms. The molecule has 1 aliphatic heterocycles.